The standard InChI is InChI=1S/C19H18N4O4S2/c1-22(2)29(25,26)15-8-9-16-17(10-15)27-19(24)23(16)11-14-12-28-18(21-14)20-13-6-4-3-5-7-13/h3-10,12H,11H2,1-2H3,(H,20,21). The molecule has 8 nitrogen and oxygen atoms in total. The summed E-state index contributed by atoms with van der Waals surface area (Å²) in [5.41, 5.74) is 2.35. The van der Waals surface area contributed by atoms with E-state index in [1.807, 2.05) is 35.7 Å². The number of benzene rings is 2. The largest absolute Gasteiger partial charge is 0.420 e. The number of thiazole rings is 1. The van der Waals surface area contributed by atoms with Crippen molar-refractivity contribution in [2.75, 3.05) is 19.4 Å². The maximum absolute atomic E-state index is 12.3. The predicted molar refractivity (Wildman–Crippen MR) is 112 cm³/mol. The molecule has 10 heteroatoms. The maximum Gasteiger partial charge on any atom is 0.420 e. The normalized spacial score (nSPS) is 12.0. The number of hydrogen-bond donors (Lipinski definition) is 1. The summed E-state index contributed by atoms with van der Waals surface area (Å²) >= 11 is 1.43. The molecule has 0 bridgehead atoms. The van der Waals surface area contributed by atoms with Gasteiger partial charge in [0.05, 0.1) is 22.7 Å². The van der Waals surface area contributed by atoms with Gasteiger partial charge in [-0.15, -0.1) is 11.3 Å². The van der Waals surface area contributed by atoms with Gasteiger partial charge in [-0.3, -0.25) is 4.57 Å². The van der Waals surface area contributed by atoms with E-state index < -0.39 is 15.8 Å². The molecule has 0 amide bonds. The molecule has 0 spiro atoms. The zero-order chi connectivity index (χ0) is 20.6. The molecule has 4 aromatic rings. The molecule has 0 fully saturated rings. The minimum atomic E-state index is -3.61. The van der Waals surface area contributed by atoms with Crippen LogP contribution in [0, 0.1) is 0 Å². The Morgan fingerprint density at radius 2 is 1.93 bits per heavy atom. The summed E-state index contributed by atoms with van der Waals surface area (Å²) in [6, 6.07) is 14.1. The molecule has 0 unspecified atom stereocenters. The van der Waals surface area contributed by atoms with Crippen LogP contribution in [-0.4, -0.2) is 36.4 Å². The first kappa shape index (κ1) is 19.4. The second-order valence-corrected chi connectivity index (χ2v) is 9.52. The third-order valence-electron chi connectivity index (χ3n) is 4.32. The summed E-state index contributed by atoms with van der Waals surface area (Å²) in [6.07, 6.45) is 0. The van der Waals surface area contributed by atoms with Crippen LogP contribution in [0.2, 0.25) is 0 Å². The molecule has 150 valence electrons. The molecule has 2 heterocycles. The fourth-order valence-electron chi connectivity index (χ4n) is 2.81. The Bertz CT molecular complexity index is 1320. The maximum atomic E-state index is 12.3. The summed E-state index contributed by atoms with van der Waals surface area (Å²) in [6.45, 7) is 0.221. The van der Waals surface area contributed by atoms with Gasteiger partial charge in [0.2, 0.25) is 10.0 Å². The number of fused-ring (bicyclic) bond motifs is 1. The van der Waals surface area contributed by atoms with Gasteiger partial charge >= 0.3 is 5.76 Å². The van der Waals surface area contributed by atoms with E-state index in [1.165, 1.54) is 42.1 Å². The van der Waals surface area contributed by atoms with Crippen molar-refractivity contribution >= 4 is 43.3 Å². The summed E-state index contributed by atoms with van der Waals surface area (Å²) < 4.78 is 32.4. The molecule has 0 aliphatic carbocycles. The third-order valence-corrected chi connectivity index (χ3v) is 6.93. The number of sulfonamides is 1. The number of nitrogens with zero attached hydrogens (tertiary/aromatic N) is 3. The SMILES string of the molecule is CN(C)S(=O)(=O)c1ccc2c(c1)oc(=O)n2Cc1csc(Nc2ccccc2)n1. The molecule has 4 rings (SSSR count). The Balaban J connectivity index is 1.62. The number of rotatable bonds is 6. The Hall–Kier alpha value is -2.95. The Morgan fingerprint density at radius 1 is 1.17 bits per heavy atom. The van der Waals surface area contributed by atoms with Crippen molar-refractivity contribution in [1.82, 2.24) is 13.9 Å². The smallest absolute Gasteiger partial charge is 0.408 e. The second-order valence-electron chi connectivity index (χ2n) is 6.51. The van der Waals surface area contributed by atoms with Gasteiger partial charge in [0, 0.05) is 31.2 Å². The van der Waals surface area contributed by atoms with Gasteiger partial charge < -0.3 is 9.73 Å². The van der Waals surface area contributed by atoms with E-state index in [4.69, 9.17) is 4.42 Å². The van der Waals surface area contributed by atoms with Gasteiger partial charge in [0.25, 0.3) is 0 Å². The van der Waals surface area contributed by atoms with E-state index in [2.05, 4.69) is 10.3 Å². The number of para-hydroxylation sites is 1. The van der Waals surface area contributed by atoms with E-state index in [9.17, 15) is 13.2 Å². The highest BCUT2D eigenvalue weighted by Gasteiger charge is 2.20. The molecular formula is C19H18N4O4S2. The van der Waals surface area contributed by atoms with E-state index in [0.717, 1.165) is 9.99 Å². The molecule has 2 aromatic carbocycles. The van der Waals surface area contributed by atoms with E-state index in [-0.39, 0.29) is 17.0 Å². The number of nitrogens with one attached hydrogen (secondary N) is 1. The summed E-state index contributed by atoms with van der Waals surface area (Å²) in [4.78, 5) is 16.9. The van der Waals surface area contributed by atoms with Crippen molar-refractivity contribution < 1.29 is 12.8 Å². The summed E-state index contributed by atoms with van der Waals surface area (Å²) in [7, 11) is -0.717. The van der Waals surface area contributed by atoms with Crippen LogP contribution in [0.3, 0.4) is 0 Å². The summed E-state index contributed by atoms with van der Waals surface area (Å²) in [5.74, 6) is -0.565. The van der Waals surface area contributed by atoms with Gasteiger partial charge in [0.1, 0.15) is 0 Å². The van der Waals surface area contributed by atoms with Crippen LogP contribution in [0.4, 0.5) is 10.8 Å². The fraction of sp³-hybridized carbons (Fsp3) is 0.158. The first-order valence-corrected chi connectivity index (χ1v) is 11.0. The monoisotopic (exact) mass is 430 g/mol. The zero-order valence-electron chi connectivity index (χ0n) is 15.7. The van der Waals surface area contributed by atoms with Crippen LogP contribution in [0.1, 0.15) is 5.69 Å². The first-order chi connectivity index (χ1) is 13.8. The van der Waals surface area contributed by atoms with E-state index >= 15 is 0 Å². The lowest BCUT2D eigenvalue weighted by atomic mass is 10.3. The highest BCUT2D eigenvalue weighted by atomic mass is 32.2. The number of oxazole rings is 1. The van der Waals surface area contributed by atoms with Gasteiger partial charge in [0.15, 0.2) is 10.7 Å². The quantitative estimate of drug-likeness (QED) is 0.505. The Kier molecular flexibility index (Phi) is 4.99. The molecule has 0 saturated heterocycles. The van der Waals surface area contributed by atoms with E-state index in [1.54, 1.807) is 6.07 Å². The van der Waals surface area contributed by atoms with Gasteiger partial charge in [-0.1, -0.05) is 18.2 Å². The molecule has 29 heavy (non-hydrogen) atoms. The molecule has 0 radical (unpaired) electrons. The van der Waals surface area contributed by atoms with Crippen molar-refractivity contribution in [3.05, 3.63) is 70.2 Å². The molecule has 0 atom stereocenters. The van der Waals surface area contributed by atoms with Gasteiger partial charge in [-0.05, 0) is 24.3 Å². The van der Waals surface area contributed by atoms with Crippen LogP contribution in [-0.2, 0) is 16.6 Å². The van der Waals surface area contributed by atoms with Gasteiger partial charge in [-0.25, -0.2) is 22.5 Å². The number of hydrogen-bond acceptors (Lipinski definition) is 7. The minimum absolute atomic E-state index is 0.0684. The molecule has 1 N–H and O–H groups in total. The molecular weight excluding hydrogens is 412 g/mol. The molecule has 0 saturated carbocycles. The minimum Gasteiger partial charge on any atom is -0.408 e. The first-order valence-electron chi connectivity index (χ1n) is 8.67. The van der Waals surface area contributed by atoms with Crippen molar-refractivity contribution in [3.63, 3.8) is 0 Å². The molecule has 0 aliphatic heterocycles. The lowest BCUT2D eigenvalue weighted by Crippen LogP contribution is -2.22. The molecule has 2 aromatic heterocycles. The second kappa shape index (κ2) is 7.47. The number of anilines is 2. The average Bonchev–Trinajstić information content (AvgIpc) is 3.26. The van der Waals surface area contributed by atoms with Crippen LogP contribution in [0.5, 0.6) is 0 Å². The van der Waals surface area contributed by atoms with E-state index in [0.29, 0.717) is 16.3 Å². The van der Waals surface area contributed by atoms with Crippen LogP contribution >= 0.6 is 11.3 Å². The summed E-state index contributed by atoms with van der Waals surface area (Å²) in [5, 5.41) is 5.79. The van der Waals surface area contributed by atoms with Crippen molar-refractivity contribution in [2.45, 2.75) is 11.4 Å². The Morgan fingerprint density at radius 3 is 2.66 bits per heavy atom. The lowest BCUT2D eigenvalue weighted by molar-refractivity contribution is 0.512. The van der Waals surface area contributed by atoms with Crippen LogP contribution in [0.15, 0.2) is 68.0 Å². The predicted octanol–water partition coefficient (Wildman–Crippen LogP) is 3.09. The topological polar surface area (TPSA) is 97.4 Å². The highest BCUT2D eigenvalue weighted by molar-refractivity contribution is 7.89. The van der Waals surface area contributed by atoms with Crippen molar-refractivity contribution in [2.24, 2.45) is 0 Å². The van der Waals surface area contributed by atoms with Crippen LogP contribution < -0.4 is 11.1 Å². The lowest BCUT2D eigenvalue weighted by Gasteiger charge is -2.10. The zero-order valence-corrected chi connectivity index (χ0v) is 17.3. The Labute approximate surface area is 171 Å². The fourth-order valence-corrected chi connectivity index (χ4v) is 4.45. The van der Waals surface area contributed by atoms with Crippen molar-refractivity contribution in [3.8, 4) is 0 Å². The highest BCUT2D eigenvalue weighted by Crippen LogP contribution is 2.23. The third kappa shape index (κ3) is 3.82. The average molecular weight is 431 g/mol. The molecule has 0 aliphatic rings. The van der Waals surface area contributed by atoms with Gasteiger partial charge in [-0.2, -0.15) is 0 Å². The number of aromatic nitrogens is 2. The van der Waals surface area contributed by atoms with Crippen molar-refractivity contribution in [1.29, 1.82) is 0 Å². The van der Waals surface area contributed by atoms with Crippen LogP contribution in [0.25, 0.3) is 11.1 Å².